The number of rotatable bonds is 3. The van der Waals surface area contributed by atoms with Crippen molar-refractivity contribution in [2.45, 2.75) is 6.10 Å². The zero-order chi connectivity index (χ0) is 5.70. The Labute approximate surface area is 48.0 Å². The first-order valence-corrected chi connectivity index (χ1v) is 2.57. The van der Waals surface area contributed by atoms with Crippen molar-refractivity contribution in [3.05, 3.63) is 0 Å². The van der Waals surface area contributed by atoms with Gasteiger partial charge in [-0.15, -0.1) is 11.6 Å². The fourth-order valence-corrected chi connectivity index (χ4v) is 0.326. The van der Waals surface area contributed by atoms with Gasteiger partial charge in [-0.2, -0.15) is 0 Å². The number of hydrogen-bond acceptors (Lipinski definition) is 2. The number of aliphatic hydroxyl groups excluding tert-OH is 1. The number of halogens is 1. The van der Waals surface area contributed by atoms with Crippen LogP contribution in [0, 0.1) is 0 Å². The fourth-order valence-electron chi connectivity index (χ4n) is 0.237. The lowest BCUT2D eigenvalue weighted by molar-refractivity contribution is 0.0786. The van der Waals surface area contributed by atoms with E-state index in [9.17, 15) is 0 Å². The van der Waals surface area contributed by atoms with Crippen molar-refractivity contribution in [2.75, 3.05) is 19.6 Å². The molecule has 44 valence electrons. The summed E-state index contributed by atoms with van der Waals surface area (Å²) in [5, 5.41) is 8.60. The molecule has 1 N–H and O–H groups in total. The highest BCUT2D eigenvalue weighted by Crippen LogP contribution is 1.85. The highest BCUT2D eigenvalue weighted by atomic mass is 35.5. The predicted molar refractivity (Wildman–Crippen MR) is 28.6 cm³/mol. The zero-order valence-corrected chi connectivity index (χ0v) is 4.98. The highest BCUT2D eigenvalue weighted by Gasteiger charge is 1.96. The molecule has 0 aromatic heterocycles. The van der Waals surface area contributed by atoms with E-state index in [2.05, 4.69) is 4.74 Å². The summed E-state index contributed by atoms with van der Waals surface area (Å²) >= 11 is 5.20. The van der Waals surface area contributed by atoms with Gasteiger partial charge in [0.25, 0.3) is 0 Å². The maximum atomic E-state index is 8.60. The van der Waals surface area contributed by atoms with Gasteiger partial charge in [-0.05, 0) is 0 Å². The Bertz CT molecular complexity index is 40.7. The number of methoxy groups -OCH3 is 1. The molecule has 0 heterocycles. The van der Waals surface area contributed by atoms with Crippen molar-refractivity contribution in [1.29, 1.82) is 0 Å². The Balaban J connectivity index is 2.83. The van der Waals surface area contributed by atoms with Gasteiger partial charge in [-0.1, -0.05) is 0 Å². The third-order valence-corrected chi connectivity index (χ3v) is 0.893. The summed E-state index contributed by atoms with van der Waals surface area (Å²) in [7, 11) is 1.52. The summed E-state index contributed by atoms with van der Waals surface area (Å²) in [5.41, 5.74) is 0. The topological polar surface area (TPSA) is 29.5 Å². The van der Waals surface area contributed by atoms with Gasteiger partial charge in [0, 0.05) is 7.11 Å². The molecule has 7 heavy (non-hydrogen) atoms. The fraction of sp³-hybridized carbons (Fsp3) is 1.00. The van der Waals surface area contributed by atoms with E-state index in [0.717, 1.165) is 0 Å². The third-order valence-electron chi connectivity index (χ3n) is 0.537. The van der Waals surface area contributed by atoms with Crippen LogP contribution >= 0.6 is 11.6 Å². The second-order valence-electron chi connectivity index (χ2n) is 1.26. The van der Waals surface area contributed by atoms with E-state index in [0.29, 0.717) is 6.61 Å². The van der Waals surface area contributed by atoms with Gasteiger partial charge in [-0.3, -0.25) is 0 Å². The molecule has 1 atom stereocenters. The Hall–Kier alpha value is 0.210. The van der Waals surface area contributed by atoms with Gasteiger partial charge in [0.2, 0.25) is 0 Å². The molecule has 0 spiro atoms. The van der Waals surface area contributed by atoms with Gasteiger partial charge in [0.1, 0.15) is 0 Å². The summed E-state index contributed by atoms with van der Waals surface area (Å²) in [6.07, 6.45) is -0.508. The average molecular weight is 125 g/mol. The first-order chi connectivity index (χ1) is 3.31. The Morgan fingerprint density at radius 2 is 2.43 bits per heavy atom. The second-order valence-corrected chi connectivity index (χ2v) is 1.57. The van der Waals surface area contributed by atoms with E-state index in [1.165, 1.54) is 7.11 Å². The third kappa shape index (κ3) is 4.05. The molecule has 0 radical (unpaired) electrons. The minimum absolute atomic E-state index is 0.244. The van der Waals surface area contributed by atoms with Gasteiger partial charge < -0.3 is 9.84 Å². The summed E-state index contributed by atoms with van der Waals surface area (Å²) < 4.78 is 4.56. The van der Waals surface area contributed by atoms with Crippen LogP contribution in [0.4, 0.5) is 0 Å². The molecular formula is C4H9ClO2. The molecular weight excluding hydrogens is 115 g/mol. The number of ether oxygens (including phenoxy) is 1. The molecule has 2 nitrogen and oxygen atoms in total. The van der Waals surface area contributed by atoms with E-state index in [-0.39, 0.29) is 5.88 Å². The second kappa shape index (κ2) is 4.37. The molecule has 0 aromatic carbocycles. The monoisotopic (exact) mass is 124 g/mol. The number of alkyl halides is 1. The predicted octanol–water partition coefficient (Wildman–Crippen LogP) is 0.233. The largest absolute Gasteiger partial charge is 0.389 e. The van der Waals surface area contributed by atoms with Crippen LogP contribution in [-0.2, 0) is 4.74 Å². The van der Waals surface area contributed by atoms with E-state index in [1.54, 1.807) is 0 Å². The summed E-state index contributed by atoms with van der Waals surface area (Å²) in [4.78, 5) is 0. The molecule has 0 aliphatic carbocycles. The van der Waals surface area contributed by atoms with Gasteiger partial charge in [0.15, 0.2) is 0 Å². The highest BCUT2D eigenvalue weighted by molar-refractivity contribution is 6.18. The summed E-state index contributed by atoms with van der Waals surface area (Å²) in [5.74, 6) is 0.244. The SMILES string of the molecule is COC[C@@H](O)CCl. The van der Waals surface area contributed by atoms with Crippen molar-refractivity contribution >= 4 is 11.6 Å². The minimum atomic E-state index is -0.508. The summed E-state index contributed by atoms with van der Waals surface area (Å²) in [6, 6.07) is 0. The molecule has 0 rings (SSSR count). The molecule has 0 saturated heterocycles. The van der Waals surface area contributed by atoms with Crippen molar-refractivity contribution in [1.82, 2.24) is 0 Å². The van der Waals surface area contributed by atoms with Crippen LogP contribution in [-0.4, -0.2) is 30.8 Å². The number of hydrogen-bond donors (Lipinski definition) is 1. The minimum Gasteiger partial charge on any atom is -0.389 e. The van der Waals surface area contributed by atoms with Gasteiger partial charge in [-0.25, -0.2) is 0 Å². The molecule has 3 heteroatoms. The molecule has 0 aliphatic rings. The van der Waals surface area contributed by atoms with Gasteiger partial charge in [0.05, 0.1) is 18.6 Å². The molecule has 0 bridgehead atoms. The maximum Gasteiger partial charge on any atom is 0.0908 e. The zero-order valence-electron chi connectivity index (χ0n) is 4.22. The molecule has 0 aliphatic heterocycles. The lowest BCUT2D eigenvalue weighted by Crippen LogP contribution is -2.14. The van der Waals surface area contributed by atoms with Crippen LogP contribution in [0.5, 0.6) is 0 Å². The first-order valence-electron chi connectivity index (χ1n) is 2.04. The van der Waals surface area contributed by atoms with E-state index in [1.807, 2.05) is 0 Å². The van der Waals surface area contributed by atoms with Crippen LogP contribution in [0.2, 0.25) is 0 Å². The average Bonchev–Trinajstić information content (AvgIpc) is 1.68. The Morgan fingerprint density at radius 3 is 2.57 bits per heavy atom. The van der Waals surface area contributed by atoms with Crippen molar-refractivity contribution in [3.8, 4) is 0 Å². The van der Waals surface area contributed by atoms with Crippen molar-refractivity contribution < 1.29 is 9.84 Å². The van der Waals surface area contributed by atoms with E-state index < -0.39 is 6.10 Å². The van der Waals surface area contributed by atoms with Crippen molar-refractivity contribution in [3.63, 3.8) is 0 Å². The van der Waals surface area contributed by atoms with Crippen LogP contribution < -0.4 is 0 Å². The van der Waals surface area contributed by atoms with E-state index in [4.69, 9.17) is 16.7 Å². The number of aliphatic hydroxyl groups is 1. The normalized spacial score (nSPS) is 14.1. The lowest BCUT2D eigenvalue weighted by atomic mass is 10.4. The first kappa shape index (κ1) is 7.21. The smallest absolute Gasteiger partial charge is 0.0908 e. The maximum absolute atomic E-state index is 8.60. The van der Waals surface area contributed by atoms with Crippen LogP contribution in [0.1, 0.15) is 0 Å². The molecule has 0 fully saturated rings. The van der Waals surface area contributed by atoms with Crippen LogP contribution in [0.25, 0.3) is 0 Å². The van der Waals surface area contributed by atoms with Gasteiger partial charge >= 0.3 is 0 Å². The van der Waals surface area contributed by atoms with E-state index >= 15 is 0 Å². The lowest BCUT2D eigenvalue weighted by Gasteiger charge is -2.01. The quantitative estimate of drug-likeness (QED) is 0.546. The van der Waals surface area contributed by atoms with Crippen molar-refractivity contribution in [2.24, 2.45) is 0 Å². The molecule has 0 saturated carbocycles. The standard InChI is InChI=1S/C4H9ClO2/c1-7-3-4(6)2-5/h4,6H,2-3H2,1H3/t4-/m0/s1. The molecule has 0 amide bonds. The summed E-state index contributed by atoms with van der Waals surface area (Å²) in [6.45, 7) is 0.323. The molecule has 0 aromatic rings. The Kier molecular flexibility index (Phi) is 4.50. The van der Waals surface area contributed by atoms with Crippen LogP contribution in [0.15, 0.2) is 0 Å². The van der Waals surface area contributed by atoms with Crippen LogP contribution in [0.3, 0.4) is 0 Å². The molecule has 0 unspecified atom stereocenters. The Morgan fingerprint density at radius 1 is 1.86 bits per heavy atom.